The van der Waals surface area contributed by atoms with Crippen molar-refractivity contribution < 1.29 is 9.53 Å². The van der Waals surface area contributed by atoms with Crippen LogP contribution in [0.5, 0.6) is 5.75 Å². The highest BCUT2D eigenvalue weighted by molar-refractivity contribution is 8.15. The van der Waals surface area contributed by atoms with Gasteiger partial charge in [0.25, 0.3) is 0 Å². The number of ether oxygens (including phenoxy) is 1. The summed E-state index contributed by atoms with van der Waals surface area (Å²) in [5.41, 5.74) is 4.76. The second-order valence-electron chi connectivity index (χ2n) is 4.47. The number of hydrogen-bond acceptors (Lipinski definition) is 5. The van der Waals surface area contributed by atoms with Gasteiger partial charge < -0.3 is 4.74 Å². The Bertz CT molecular complexity index is 595. The van der Waals surface area contributed by atoms with Crippen LogP contribution < -0.4 is 10.2 Å². The van der Waals surface area contributed by atoms with Crippen LogP contribution in [0.25, 0.3) is 5.70 Å². The summed E-state index contributed by atoms with van der Waals surface area (Å²) in [7, 11) is 0. The first-order valence-electron chi connectivity index (χ1n) is 6.47. The number of nitrogens with one attached hydrogen (secondary N) is 1. The molecule has 0 aromatic heterocycles. The summed E-state index contributed by atoms with van der Waals surface area (Å²) in [4.78, 5) is 13.6. The van der Waals surface area contributed by atoms with Gasteiger partial charge in [-0.15, -0.1) is 5.10 Å². The van der Waals surface area contributed by atoms with Crippen molar-refractivity contribution in [2.24, 2.45) is 5.10 Å². The van der Waals surface area contributed by atoms with Gasteiger partial charge in [0.05, 0.1) is 17.6 Å². The SMILES string of the molecule is CCOc1ccc(C2=CN3C(=O)[C@H](C)SC3=NN2)cc1. The third kappa shape index (κ3) is 2.27. The third-order valence-corrected chi connectivity index (χ3v) is 4.13. The zero-order valence-corrected chi connectivity index (χ0v) is 12.1. The highest BCUT2D eigenvalue weighted by Crippen LogP contribution is 2.30. The molecule has 2 heterocycles. The molecule has 5 nitrogen and oxygen atoms in total. The Labute approximate surface area is 121 Å². The lowest BCUT2D eigenvalue weighted by molar-refractivity contribution is -0.124. The first kappa shape index (κ1) is 13.1. The second kappa shape index (κ2) is 5.20. The standard InChI is InChI=1S/C14H15N3O2S/c1-3-19-11-6-4-10(5-7-11)12-8-17-13(18)9(2)20-14(17)16-15-12/h4-9,15H,3H2,1-2H3/t9-/m0/s1. The topological polar surface area (TPSA) is 53.9 Å². The van der Waals surface area contributed by atoms with Crippen LogP contribution in [-0.2, 0) is 4.79 Å². The summed E-state index contributed by atoms with van der Waals surface area (Å²) in [5.74, 6) is 0.900. The van der Waals surface area contributed by atoms with Gasteiger partial charge in [-0.3, -0.25) is 15.1 Å². The number of amidine groups is 1. The van der Waals surface area contributed by atoms with Crippen LogP contribution in [-0.4, -0.2) is 27.8 Å². The largest absolute Gasteiger partial charge is 0.494 e. The lowest BCUT2D eigenvalue weighted by Gasteiger charge is -2.19. The van der Waals surface area contributed by atoms with E-state index >= 15 is 0 Å². The number of carbonyl (C=O) groups excluding carboxylic acids is 1. The fraction of sp³-hybridized carbons (Fsp3) is 0.286. The van der Waals surface area contributed by atoms with Crippen LogP contribution in [0.4, 0.5) is 0 Å². The van der Waals surface area contributed by atoms with Gasteiger partial charge in [-0.05, 0) is 38.1 Å². The monoisotopic (exact) mass is 289 g/mol. The lowest BCUT2D eigenvalue weighted by Crippen LogP contribution is -2.31. The molecule has 0 saturated carbocycles. The molecular formula is C14H15N3O2S. The van der Waals surface area contributed by atoms with Crippen molar-refractivity contribution in [1.29, 1.82) is 0 Å². The zero-order chi connectivity index (χ0) is 14.1. The van der Waals surface area contributed by atoms with Gasteiger partial charge in [-0.1, -0.05) is 11.8 Å². The summed E-state index contributed by atoms with van der Waals surface area (Å²) in [6.45, 7) is 4.48. The Kier molecular flexibility index (Phi) is 3.40. The number of thioether (sulfide) groups is 1. The molecule has 1 atom stereocenters. The summed E-state index contributed by atoms with van der Waals surface area (Å²) in [6, 6.07) is 7.70. The van der Waals surface area contributed by atoms with Crippen molar-refractivity contribution in [3.63, 3.8) is 0 Å². The Morgan fingerprint density at radius 2 is 2.15 bits per heavy atom. The number of rotatable bonds is 3. The molecule has 104 valence electrons. The molecule has 1 aromatic rings. The molecule has 1 aromatic carbocycles. The highest BCUT2D eigenvalue weighted by atomic mass is 32.2. The Hall–Kier alpha value is -1.95. The third-order valence-electron chi connectivity index (χ3n) is 3.08. The van der Waals surface area contributed by atoms with Crippen LogP contribution >= 0.6 is 11.8 Å². The van der Waals surface area contributed by atoms with Crippen LogP contribution in [0.3, 0.4) is 0 Å². The predicted molar refractivity (Wildman–Crippen MR) is 80.1 cm³/mol. The van der Waals surface area contributed by atoms with E-state index in [1.165, 1.54) is 11.8 Å². The molecule has 0 radical (unpaired) electrons. The van der Waals surface area contributed by atoms with E-state index in [2.05, 4.69) is 10.5 Å². The summed E-state index contributed by atoms with van der Waals surface area (Å²) >= 11 is 1.46. The molecule has 1 saturated heterocycles. The van der Waals surface area contributed by atoms with Crippen LogP contribution in [0.2, 0.25) is 0 Å². The first-order chi connectivity index (χ1) is 9.69. The summed E-state index contributed by atoms with van der Waals surface area (Å²) < 4.78 is 5.41. The van der Waals surface area contributed by atoms with E-state index in [0.717, 1.165) is 17.0 Å². The number of amides is 1. The van der Waals surface area contributed by atoms with E-state index in [9.17, 15) is 4.79 Å². The molecule has 2 aliphatic rings. The fourth-order valence-corrected chi connectivity index (χ4v) is 2.94. The average Bonchev–Trinajstić information content (AvgIpc) is 2.75. The molecule has 20 heavy (non-hydrogen) atoms. The minimum Gasteiger partial charge on any atom is -0.494 e. The van der Waals surface area contributed by atoms with Crippen LogP contribution in [0, 0.1) is 0 Å². The molecule has 1 amide bonds. The fourth-order valence-electron chi connectivity index (χ4n) is 2.06. The Morgan fingerprint density at radius 3 is 2.85 bits per heavy atom. The molecule has 0 bridgehead atoms. The van der Waals surface area contributed by atoms with Gasteiger partial charge in [0.15, 0.2) is 5.17 Å². The van der Waals surface area contributed by atoms with Crippen molar-refractivity contribution in [2.45, 2.75) is 19.1 Å². The van der Waals surface area contributed by atoms with E-state index in [4.69, 9.17) is 4.74 Å². The Balaban J connectivity index is 1.83. The molecule has 0 spiro atoms. The molecule has 2 aliphatic heterocycles. The van der Waals surface area contributed by atoms with Gasteiger partial charge in [-0.2, -0.15) is 0 Å². The zero-order valence-electron chi connectivity index (χ0n) is 11.3. The summed E-state index contributed by atoms with van der Waals surface area (Å²) in [6.07, 6.45) is 1.80. The maximum absolute atomic E-state index is 12.0. The number of nitrogens with zero attached hydrogens (tertiary/aromatic N) is 2. The maximum Gasteiger partial charge on any atom is 0.246 e. The Morgan fingerprint density at radius 1 is 1.40 bits per heavy atom. The second-order valence-corrected chi connectivity index (χ2v) is 5.78. The highest BCUT2D eigenvalue weighted by Gasteiger charge is 2.36. The molecule has 0 unspecified atom stereocenters. The maximum atomic E-state index is 12.0. The lowest BCUT2D eigenvalue weighted by atomic mass is 10.1. The van der Waals surface area contributed by atoms with Crippen molar-refractivity contribution in [1.82, 2.24) is 10.3 Å². The minimum atomic E-state index is -0.0773. The number of benzene rings is 1. The van der Waals surface area contributed by atoms with Gasteiger partial charge >= 0.3 is 0 Å². The normalized spacial score (nSPS) is 21.0. The van der Waals surface area contributed by atoms with Crippen molar-refractivity contribution in [3.8, 4) is 5.75 Å². The molecular weight excluding hydrogens is 274 g/mol. The number of hydrazone groups is 1. The van der Waals surface area contributed by atoms with E-state index in [1.54, 1.807) is 11.1 Å². The summed E-state index contributed by atoms with van der Waals surface area (Å²) in [5, 5.41) is 4.87. The van der Waals surface area contributed by atoms with Gasteiger partial charge in [0.2, 0.25) is 5.91 Å². The molecule has 0 aliphatic carbocycles. The number of hydrogen-bond donors (Lipinski definition) is 1. The van der Waals surface area contributed by atoms with E-state index in [-0.39, 0.29) is 11.2 Å². The van der Waals surface area contributed by atoms with E-state index < -0.39 is 0 Å². The molecule has 6 heteroatoms. The average molecular weight is 289 g/mol. The number of carbonyl (C=O) groups is 1. The van der Waals surface area contributed by atoms with Gasteiger partial charge in [-0.25, -0.2) is 0 Å². The van der Waals surface area contributed by atoms with Crippen molar-refractivity contribution in [3.05, 3.63) is 36.0 Å². The smallest absolute Gasteiger partial charge is 0.246 e. The van der Waals surface area contributed by atoms with E-state index in [1.807, 2.05) is 38.1 Å². The van der Waals surface area contributed by atoms with Crippen LogP contribution in [0.15, 0.2) is 35.6 Å². The van der Waals surface area contributed by atoms with Crippen LogP contribution in [0.1, 0.15) is 19.4 Å². The minimum absolute atomic E-state index is 0.0682. The van der Waals surface area contributed by atoms with Gasteiger partial charge in [0, 0.05) is 11.8 Å². The molecule has 3 rings (SSSR count). The van der Waals surface area contributed by atoms with E-state index in [0.29, 0.717) is 11.8 Å². The van der Waals surface area contributed by atoms with Crippen molar-refractivity contribution >= 4 is 28.5 Å². The van der Waals surface area contributed by atoms with Crippen molar-refractivity contribution in [2.75, 3.05) is 6.61 Å². The number of fused-ring (bicyclic) bond motifs is 1. The van der Waals surface area contributed by atoms with Gasteiger partial charge in [0.1, 0.15) is 5.75 Å². The quantitative estimate of drug-likeness (QED) is 0.927. The molecule has 1 N–H and O–H groups in total. The predicted octanol–water partition coefficient (Wildman–Crippen LogP) is 2.22. The molecule has 1 fully saturated rings. The first-order valence-corrected chi connectivity index (χ1v) is 7.35.